The Hall–Kier alpha value is -1.16. The quantitative estimate of drug-likeness (QED) is 0.869. The molecule has 1 aromatic heterocycles. The highest BCUT2D eigenvalue weighted by Crippen LogP contribution is 2.34. The molecule has 1 saturated heterocycles. The lowest BCUT2D eigenvalue weighted by atomic mass is 9.88. The van der Waals surface area contributed by atoms with Gasteiger partial charge in [0.05, 0.1) is 11.7 Å². The SMILES string of the molecule is CC1(C)CSCC(Nc2ccc3cn[nH]c3c2)C1. The number of H-pyrrole nitrogens is 1. The minimum Gasteiger partial charge on any atom is -0.381 e. The molecule has 1 fully saturated rings. The summed E-state index contributed by atoms with van der Waals surface area (Å²) in [7, 11) is 0. The summed E-state index contributed by atoms with van der Waals surface area (Å²) in [5.74, 6) is 2.47. The van der Waals surface area contributed by atoms with Crippen LogP contribution in [-0.2, 0) is 0 Å². The van der Waals surface area contributed by atoms with Crippen LogP contribution in [0, 0.1) is 5.41 Å². The second-order valence-corrected chi connectivity index (χ2v) is 6.93. The Balaban J connectivity index is 1.75. The summed E-state index contributed by atoms with van der Waals surface area (Å²) in [5, 5.41) is 11.9. The number of nitrogens with zero attached hydrogens (tertiary/aromatic N) is 1. The van der Waals surface area contributed by atoms with Crippen molar-refractivity contribution >= 4 is 28.4 Å². The highest BCUT2D eigenvalue weighted by Gasteiger charge is 2.28. The van der Waals surface area contributed by atoms with Gasteiger partial charge in [0.25, 0.3) is 0 Å². The molecule has 0 radical (unpaired) electrons. The molecule has 2 aromatic rings. The molecular formula is C14H19N3S. The van der Waals surface area contributed by atoms with Crippen LogP contribution in [0.5, 0.6) is 0 Å². The summed E-state index contributed by atoms with van der Waals surface area (Å²) < 4.78 is 0. The number of hydrogen-bond acceptors (Lipinski definition) is 3. The molecule has 0 spiro atoms. The first-order valence-corrected chi connectivity index (χ1v) is 7.55. The van der Waals surface area contributed by atoms with Crippen molar-refractivity contribution in [2.45, 2.75) is 26.3 Å². The molecule has 0 aliphatic carbocycles. The number of rotatable bonds is 2. The average Bonchev–Trinajstić information content (AvgIpc) is 2.74. The van der Waals surface area contributed by atoms with Crippen LogP contribution in [0.4, 0.5) is 5.69 Å². The van der Waals surface area contributed by atoms with E-state index in [4.69, 9.17) is 0 Å². The highest BCUT2D eigenvalue weighted by atomic mass is 32.2. The Morgan fingerprint density at radius 3 is 3.17 bits per heavy atom. The summed E-state index contributed by atoms with van der Waals surface area (Å²) in [6.45, 7) is 4.71. The number of nitrogens with one attached hydrogen (secondary N) is 2. The van der Waals surface area contributed by atoms with E-state index in [-0.39, 0.29) is 0 Å². The van der Waals surface area contributed by atoms with Crippen molar-refractivity contribution in [2.24, 2.45) is 5.41 Å². The van der Waals surface area contributed by atoms with Gasteiger partial charge in [-0.3, -0.25) is 5.10 Å². The fraction of sp³-hybridized carbons (Fsp3) is 0.500. The molecule has 1 aromatic carbocycles. The number of aromatic nitrogens is 2. The van der Waals surface area contributed by atoms with Crippen molar-refractivity contribution < 1.29 is 0 Å². The van der Waals surface area contributed by atoms with E-state index in [0.29, 0.717) is 11.5 Å². The van der Waals surface area contributed by atoms with Crippen LogP contribution in [0.3, 0.4) is 0 Å². The Bertz CT molecular complexity index is 547. The zero-order valence-electron chi connectivity index (χ0n) is 10.9. The van der Waals surface area contributed by atoms with E-state index < -0.39 is 0 Å². The summed E-state index contributed by atoms with van der Waals surface area (Å²) in [5.41, 5.74) is 2.73. The topological polar surface area (TPSA) is 40.7 Å². The molecule has 3 rings (SSSR count). The predicted octanol–water partition coefficient (Wildman–Crippen LogP) is 3.51. The maximum Gasteiger partial charge on any atom is 0.0670 e. The van der Waals surface area contributed by atoms with Crippen LogP contribution in [0.1, 0.15) is 20.3 Å². The summed E-state index contributed by atoms with van der Waals surface area (Å²) in [4.78, 5) is 0. The normalized spacial score (nSPS) is 23.1. The van der Waals surface area contributed by atoms with Crippen molar-refractivity contribution in [3.05, 3.63) is 24.4 Å². The fourth-order valence-electron chi connectivity index (χ4n) is 2.62. The third kappa shape index (κ3) is 2.48. The van der Waals surface area contributed by atoms with Gasteiger partial charge < -0.3 is 5.32 Å². The number of aromatic amines is 1. The lowest BCUT2D eigenvalue weighted by molar-refractivity contribution is 0.358. The summed E-state index contributed by atoms with van der Waals surface area (Å²) >= 11 is 2.05. The number of hydrogen-bond donors (Lipinski definition) is 2. The van der Waals surface area contributed by atoms with E-state index in [1.807, 2.05) is 6.20 Å². The first-order chi connectivity index (χ1) is 8.62. The number of thioether (sulfide) groups is 1. The molecule has 4 heteroatoms. The Labute approximate surface area is 112 Å². The summed E-state index contributed by atoms with van der Waals surface area (Å²) in [6, 6.07) is 6.97. The van der Waals surface area contributed by atoms with Crippen molar-refractivity contribution in [2.75, 3.05) is 16.8 Å². The van der Waals surface area contributed by atoms with Crippen LogP contribution in [0.25, 0.3) is 10.9 Å². The average molecular weight is 261 g/mol. The molecule has 1 unspecified atom stereocenters. The smallest absolute Gasteiger partial charge is 0.0670 e. The zero-order valence-corrected chi connectivity index (χ0v) is 11.7. The molecule has 2 heterocycles. The second kappa shape index (κ2) is 4.50. The van der Waals surface area contributed by atoms with Gasteiger partial charge in [0.1, 0.15) is 0 Å². The minimum absolute atomic E-state index is 0.443. The molecule has 18 heavy (non-hydrogen) atoms. The van der Waals surface area contributed by atoms with Crippen LogP contribution in [-0.4, -0.2) is 27.7 Å². The molecule has 1 aliphatic rings. The zero-order chi connectivity index (χ0) is 12.6. The van der Waals surface area contributed by atoms with Gasteiger partial charge in [0, 0.05) is 22.9 Å². The molecule has 1 aliphatic heterocycles. The van der Waals surface area contributed by atoms with E-state index in [1.54, 1.807) is 0 Å². The third-order valence-electron chi connectivity index (χ3n) is 3.42. The molecular weight excluding hydrogens is 242 g/mol. The van der Waals surface area contributed by atoms with Crippen molar-refractivity contribution in [3.63, 3.8) is 0 Å². The second-order valence-electron chi connectivity index (χ2n) is 5.90. The van der Waals surface area contributed by atoms with E-state index >= 15 is 0 Å². The first kappa shape index (κ1) is 11.9. The van der Waals surface area contributed by atoms with Gasteiger partial charge in [-0.05, 0) is 35.8 Å². The third-order valence-corrected chi connectivity index (χ3v) is 5.05. The Morgan fingerprint density at radius 2 is 2.33 bits per heavy atom. The number of fused-ring (bicyclic) bond motifs is 1. The van der Waals surface area contributed by atoms with Gasteiger partial charge in [-0.1, -0.05) is 13.8 Å². The lowest BCUT2D eigenvalue weighted by Crippen LogP contribution is -2.35. The molecule has 1 atom stereocenters. The molecule has 96 valence electrons. The van der Waals surface area contributed by atoms with Gasteiger partial charge >= 0.3 is 0 Å². The Kier molecular flexibility index (Phi) is 2.98. The number of anilines is 1. The maximum absolute atomic E-state index is 4.06. The number of benzene rings is 1. The largest absolute Gasteiger partial charge is 0.381 e. The van der Waals surface area contributed by atoms with Gasteiger partial charge in [-0.25, -0.2) is 0 Å². The summed E-state index contributed by atoms with van der Waals surface area (Å²) in [6.07, 6.45) is 3.10. The molecule has 2 N–H and O–H groups in total. The van der Waals surface area contributed by atoms with Gasteiger partial charge in [0.15, 0.2) is 0 Å². The van der Waals surface area contributed by atoms with Crippen molar-refractivity contribution in [3.8, 4) is 0 Å². The lowest BCUT2D eigenvalue weighted by Gasteiger charge is -2.35. The van der Waals surface area contributed by atoms with E-state index in [9.17, 15) is 0 Å². The van der Waals surface area contributed by atoms with E-state index in [1.165, 1.54) is 29.0 Å². The minimum atomic E-state index is 0.443. The monoisotopic (exact) mass is 261 g/mol. The molecule has 0 bridgehead atoms. The Morgan fingerprint density at radius 1 is 1.44 bits per heavy atom. The standard InChI is InChI=1S/C14H19N3S/c1-14(2)6-12(8-18-9-14)16-11-4-3-10-7-15-17-13(10)5-11/h3-5,7,12,16H,6,8-9H2,1-2H3,(H,15,17). The van der Waals surface area contributed by atoms with Gasteiger partial charge in [-0.2, -0.15) is 16.9 Å². The maximum atomic E-state index is 4.06. The van der Waals surface area contributed by atoms with Crippen LogP contribution < -0.4 is 5.32 Å². The van der Waals surface area contributed by atoms with Crippen molar-refractivity contribution in [1.82, 2.24) is 10.2 Å². The first-order valence-electron chi connectivity index (χ1n) is 6.40. The van der Waals surface area contributed by atoms with Gasteiger partial charge in [-0.15, -0.1) is 0 Å². The van der Waals surface area contributed by atoms with Crippen LogP contribution >= 0.6 is 11.8 Å². The highest BCUT2D eigenvalue weighted by molar-refractivity contribution is 7.99. The fourth-order valence-corrected chi connectivity index (χ4v) is 3.89. The molecule has 3 nitrogen and oxygen atoms in total. The van der Waals surface area contributed by atoms with E-state index in [2.05, 4.69) is 59.3 Å². The van der Waals surface area contributed by atoms with Gasteiger partial charge in [0.2, 0.25) is 0 Å². The van der Waals surface area contributed by atoms with Crippen molar-refractivity contribution in [1.29, 1.82) is 0 Å². The predicted molar refractivity (Wildman–Crippen MR) is 79.2 cm³/mol. The molecule has 0 saturated carbocycles. The molecule has 0 amide bonds. The van der Waals surface area contributed by atoms with Crippen LogP contribution in [0.2, 0.25) is 0 Å². The van der Waals surface area contributed by atoms with E-state index in [0.717, 1.165) is 5.52 Å². The van der Waals surface area contributed by atoms with Crippen LogP contribution in [0.15, 0.2) is 24.4 Å².